The molecule has 0 rings (SSSR count). The molecule has 0 bridgehead atoms. The highest BCUT2D eigenvalue weighted by atomic mass is 17.2. The second kappa shape index (κ2) is 13.5. The molecule has 0 radical (unpaired) electrons. The maximum absolute atomic E-state index is 11.2. The average molecular weight is 244 g/mol. The van der Waals surface area contributed by atoms with E-state index in [0.717, 1.165) is 25.7 Å². The first-order valence-corrected chi connectivity index (χ1v) is 7.13. The summed E-state index contributed by atoms with van der Waals surface area (Å²) in [7, 11) is 0. The first-order chi connectivity index (χ1) is 8.31. The topological polar surface area (TPSA) is 35.5 Å². The first kappa shape index (κ1) is 16.4. The Balaban J connectivity index is 3.11. The van der Waals surface area contributed by atoms with Crippen LogP contribution in [0.1, 0.15) is 78.1 Å². The van der Waals surface area contributed by atoms with Gasteiger partial charge in [0.15, 0.2) is 0 Å². The van der Waals surface area contributed by atoms with Crippen molar-refractivity contribution in [2.75, 3.05) is 6.61 Å². The molecule has 102 valence electrons. The summed E-state index contributed by atoms with van der Waals surface area (Å²) in [4.78, 5) is 20.6. The highest BCUT2D eigenvalue weighted by Crippen LogP contribution is 2.08. The molecule has 17 heavy (non-hydrogen) atoms. The van der Waals surface area contributed by atoms with E-state index in [1.165, 1.54) is 32.1 Å². The van der Waals surface area contributed by atoms with Crippen molar-refractivity contribution >= 4 is 5.97 Å². The van der Waals surface area contributed by atoms with E-state index in [1.807, 2.05) is 0 Å². The van der Waals surface area contributed by atoms with Crippen LogP contribution in [-0.4, -0.2) is 12.6 Å². The van der Waals surface area contributed by atoms with Gasteiger partial charge in [0.05, 0.1) is 6.61 Å². The summed E-state index contributed by atoms with van der Waals surface area (Å²) in [5.74, 6) is -0.227. The third kappa shape index (κ3) is 13.4. The van der Waals surface area contributed by atoms with Crippen LogP contribution in [0.15, 0.2) is 0 Å². The van der Waals surface area contributed by atoms with Gasteiger partial charge in [0.1, 0.15) is 0 Å². The Morgan fingerprint density at radius 2 is 1.41 bits per heavy atom. The number of unbranched alkanes of at least 4 members (excludes halogenated alkanes) is 7. The van der Waals surface area contributed by atoms with Crippen LogP contribution >= 0.6 is 0 Å². The normalized spacial score (nSPS) is 10.5. The molecule has 3 heteroatoms. The summed E-state index contributed by atoms with van der Waals surface area (Å²) in [5, 5.41) is 0. The lowest BCUT2D eigenvalue weighted by Gasteiger charge is -2.03. The van der Waals surface area contributed by atoms with Crippen LogP contribution in [0, 0.1) is 0 Å². The standard InChI is InChI=1S/C14H28O3/c1-3-5-7-8-9-10-11-12-14(15)17-16-13-6-4-2/h3-13H2,1-2H3. The van der Waals surface area contributed by atoms with Crippen LogP contribution in [0.3, 0.4) is 0 Å². The Kier molecular flexibility index (Phi) is 13.0. The molecule has 0 atom stereocenters. The fraction of sp³-hybridized carbons (Fsp3) is 0.929. The molecule has 0 fully saturated rings. The summed E-state index contributed by atoms with van der Waals surface area (Å²) in [5.41, 5.74) is 0. The molecule has 0 heterocycles. The third-order valence-electron chi connectivity index (χ3n) is 2.72. The van der Waals surface area contributed by atoms with E-state index >= 15 is 0 Å². The number of hydrogen-bond donors (Lipinski definition) is 0. The number of rotatable bonds is 12. The molecule has 0 aromatic rings. The molecule has 0 aliphatic heterocycles. The number of carbonyl (C=O) groups excluding carboxylic acids is 1. The lowest BCUT2D eigenvalue weighted by atomic mass is 10.1. The second-order valence-corrected chi connectivity index (χ2v) is 4.50. The zero-order chi connectivity index (χ0) is 12.8. The van der Waals surface area contributed by atoms with Gasteiger partial charge in [-0.1, -0.05) is 58.8 Å². The van der Waals surface area contributed by atoms with Gasteiger partial charge in [0.2, 0.25) is 0 Å². The minimum absolute atomic E-state index is 0.227. The van der Waals surface area contributed by atoms with Gasteiger partial charge in [0, 0.05) is 6.42 Å². The van der Waals surface area contributed by atoms with Crippen molar-refractivity contribution in [2.24, 2.45) is 0 Å². The predicted octanol–water partition coefficient (Wildman–Crippen LogP) is 4.40. The Bertz CT molecular complexity index is 169. The summed E-state index contributed by atoms with van der Waals surface area (Å²) in [6.45, 7) is 4.80. The highest BCUT2D eigenvalue weighted by molar-refractivity contribution is 5.68. The quantitative estimate of drug-likeness (QED) is 0.290. The number of carbonyl (C=O) groups is 1. The Morgan fingerprint density at radius 1 is 0.824 bits per heavy atom. The van der Waals surface area contributed by atoms with Gasteiger partial charge in [-0.15, -0.1) is 0 Å². The lowest BCUT2D eigenvalue weighted by Crippen LogP contribution is -2.06. The van der Waals surface area contributed by atoms with Gasteiger partial charge >= 0.3 is 5.97 Å². The SMILES string of the molecule is CCCCCCCCCC(=O)OOCCCC. The number of hydrogen-bond acceptors (Lipinski definition) is 3. The molecule has 0 aromatic heterocycles. The molecule has 0 aliphatic carbocycles. The highest BCUT2D eigenvalue weighted by Gasteiger charge is 2.03. The summed E-state index contributed by atoms with van der Waals surface area (Å²) in [6.07, 6.45) is 10.9. The molecule has 0 aromatic carbocycles. The van der Waals surface area contributed by atoms with E-state index in [0.29, 0.717) is 13.0 Å². The third-order valence-corrected chi connectivity index (χ3v) is 2.72. The summed E-state index contributed by atoms with van der Waals surface area (Å²) < 4.78 is 0. The van der Waals surface area contributed by atoms with Crippen LogP contribution in [0.2, 0.25) is 0 Å². The molecule has 0 saturated carbocycles. The van der Waals surface area contributed by atoms with Gasteiger partial charge < -0.3 is 0 Å². The van der Waals surface area contributed by atoms with Crippen LogP contribution in [0.5, 0.6) is 0 Å². The fourth-order valence-corrected chi connectivity index (χ4v) is 1.58. The van der Waals surface area contributed by atoms with Crippen molar-refractivity contribution in [1.29, 1.82) is 0 Å². The van der Waals surface area contributed by atoms with E-state index in [2.05, 4.69) is 18.7 Å². The fourth-order valence-electron chi connectivity index (χ4n) is 1.58. The molecule has 0 spiro atoms. The molecular formula is C14H28O3. The molecule has 0 aliphatic rings. The van der Waals surface area contributed by atoms with Gasteiger partial charge in [-0.2, -0.15) is 4.89 Å². The van der Waals surface area contributed by atoms with E-state index < -0.39 is 0 Å². The lowest BCUT2D eigenvalue weighted by molar-refractivity contribution is -0.272. The molecule has 0 saturated heterocycles. The second-order valence-electron chi connectivity index (χ2n) is 4.50. The molecule has 0 N–H and O–H groups in total. The van der Waals surface area contributed by atoms with E-state index in [9.17, 15) is 4.79 Å². The van der Waals surface area contributed by atoms with E-state index in [-0.39, 0.29) is 5.97 Å². The van der Waals surface area contributed by atoms with Crippen LogP contribution in [0.4, 0.5) is 0 Å². The van der Waals surface area contributed by atoms with Crippen LogP contribution in [0.25, 0.3) is 0 Å². The van der Waals surface area contributed by atoms with Crippen molar-refractivity contribution in [1.82, 2.24) is 0 Å². The van der Waals surface area contributed by atoms with Gasteiger partial charge in [-0.05, 0) is 12.8 Å². The van der Waals surface area contributed by atoms with E-state index in [1.54, 1.807) is 0 Å². The van der Waals surface area contributed by atoms with Crippen LogP contribution < -0.4 is 0 Å². The summed E-state index contributed by atoms with van der Waals surface area (Å²) in [6, 6.07) is 0. The zero-order valence-corrected chi connectivity index (χ0v) is 11.5. The van der Waals surface area contributed by atoms with Crippen LogP contribution in [-0.2, 0) is 14.6 Å². The monoisotopic (exact) mass is 244 g/mol. The van der Waals surface area contributed by atoms with Crippen molar-refractivity contribution in [3.05, 3.63) is 0 Å². The average Bonchev–Trinajstić information content (AvgIpc) is 2.33. The Labute approximate surface area is 106 Å². The minimum Gasteiger partial charge on any atom is -0.298 e. The van der Waals surface area contributed by atoms with Crippen molar-refractivity contribution < 1.29 is 14.6 Å². The minimum atomic E-state index is -0.227. The largest absolute Gasteiger partial charge is 0.342 e. The van der Waals surface area contributed by atoms with E-state index in [4.69, 9.17) is 4.89 Å². The van der Waals surface area contributed by atoms with Gasteiger partial charge in [-0.25, -0.2) is 4.79 Å². The predicted molar refractivity (Wildman–Crippen MR) is 69.6 cm³/mol. The maximum atomic E-state index is 11.2. The van der Waals surface area contributed by atoms with Gasteiger partial charge in [0.25, 0.3) is 0 Å². The first-order valence-electron chi connectivity index (χ1n) is 7.13. The molecular weight excluding hydrogens is 216 g/mol. The Hall–Kier alpha value is -0.570. The smallest absolute Gasteiger partial charge is 0.298 e. The van der Waals surface area contributed by atoms with Crippen molar-refractivity contribution in [2.45, 2.75) is 78.1 Å². The molecule has 0 unspecified atom stereocenters. The molecule has 0 amide bonds. The van der Waals surface area contributed by atoms with Crippen molar-refractivity contribution in [3.8, 4) is 0 Å². The summed E-state index contributed by atoms with van der Waals surface area (Å²) >= 11 is 0. The zero-order valence-electron chi connectivity index (χ0n) is 11.5. The molecule has 3 nitrogen and oxygen atoms in total. The Morgan fingerprint density at radius 3 is 2.06 bits per heavy atom. The van der Waals surface area contributed by atoms with Gasteiger partial charge in [-0.3, -0.25) is 4.89 Å². The maximum Gasteiger partial charge on any atom is 0.342 e. The van der Waals surface area contributed by atoms with Crippen molar-refractivity contribution in [3.63, 3.8) is 0 Å².